The number of ether oxygens (including phenoxy) is 1. The lowest BCUT2D eigenvalue weighted by Crippen LogP contribution is -2.23. The van der Waals surface area contributed by atoms with E-state index in [1.807, 2.05) is 26.0 Å². The molecule has 0 aromatic heterocycles. The van der Waals surface area contributed by atoms with Crippen LogP contribution in [0.1, 0.15) is 29.7 Å². The molecule has 1 N–H and O–H groups in total. The van der Waals surface area contributed by atoms with Crippen LogP contribution in [0.3, 0.4) is 0 Å². The van der Waals surface area contributed by atoms with E-state index in [9.17, 15) is 4.79 Å². The van der Waals surface area contributed by atoms with Crippen LogP contribution in [0.5, 0.6) is 5.75 Å². The van der Waals surface area contributed by atoms with Crippen molar-refractivity contribution in [1.82, 2.24) is 5.32 Å². The van der Waals surface area contributed by atoms with E-state index in [2.05, 4.69) is 5.32 Å². The Morgan fingerprint density at radius 2 is 1.81 bits per heavy atom. The van der Waals surface area contributed by atoms with Crippen molar-refractivity contribution in [2.24, 2.45) is 0 Å². The maximum Gasteiger partial charge on any atom is 0.151 e. The number of methoxy groups -OCH3 is 1. The molecule has 1 aromatic rings. The van der Waals surface area contributed by atoms with E-state index in [0.717, 1.165) is 22.4 Å². The Kier molecular flexibility index (Phi) is 4.07. The minimum atomic E-state index is -0.233. The standard InChI is InChI=1S/C13H19NO2/c1-8-6-11(12(14-4)10(3)15)7-9(2)13(8)16-5/h6-7,12,14H,1-5H3. The van der Waals surface area contributed by atoms with Crippen LogP contribution in [0.2, 0.25) is 0 Å². The van der Waals surface area contributed by atoms with Gasteiger partial charge >= 0.3 is 0 Å². The van der Waals surface area contributed by atoms with Gasteiger partial charge < -0.3 is 10.1 Å². The summed E-state index contributed by atoms with van der Waals surface area (Å²) in [6.07, 6.45) is 0. The molecule has 0 spiro atoms. The number of Topliss-reactive ketones (excluding diaryl/α,β-unsaturated/α-hetero) is 1. The van der Waals surface area contributed by atoms with E-state index in [1.54, 1.807) is 21.1 Å². The van der Waals surface area contributed by atoms with E-state index < -0.39 is 0 Å². The first kappa shape index (κ1) is 12.7. The number of rotatable bonds is 4. The summed E-state index contributed by atoms with van der Waals surface area (Å²) >= 11 is 0. The lowest BCUT2D eigenvalue weighted by atomic mass is 9.98. The molecule has 0 bridgehead atoms. The molecular weight excluding hydrogens is 202 g/mol. The first-order chi connectivity index (χ1) is 7.51. The second-order valence-corrected chi connectivity index (χ2v) is 4.02. The molecule has 0 aliphatic heterocycles. The van der Waals surface area contributed by atoms with Gasteiger partial charge in [0.1, 0.15) is 5.75 Å². The third-order valence-electron chi connectivity index (χ3n) is 2.72. The number of aryl methyl sites for hydroxylation is 2. The summed E-state index contributed by atoms with van der Waals surface area (Å²) in [5.41, 5.74) is 3.10. The highest BCUT2D eigenvalue weighted by Gasteiger charge is 2.16. The third-order valence-corrected chi connectivity index (χ3v) is 2.72. The largest absolute Gasteiger partial charge is 0.496 e. The van der Waals surface area contributed by atoms with E-state index in [-0.39, 0.29) is 11.8 Å². The van der Waals surface area contributed by atoms with Crippen molar-refractivity contribution >= 4 is 5.78 Å². The van der Waals surface area contributed by atoms with Gasteiger partial charge in [-0.05, 0) is 44.5 Å². The molecule has 0 saturated heterocycles. The minimum absolute atomic E-state index is 0.117. The van der Waals surface area contributed by atoms with Crippen LogP contribution in [0, 0.1) is 13.8 Å². The van der Waals surface area contributed by atoms with Crippen molar-refractivity contribution in [3.8, 4) is 5.75 Å². The predicted octanol–water partition coefficient (Wildman–Crippen LogP) is 2.16. The van der Waals surface area contributed by atoms with Gasteiger partial charge in [-0.3, -0.25) is 4.79 Å². The van der Waals surface area contributed by atoms with Crippen molar-refractivity contribution in [1.29, 1.82) is 0 Å². The highest BCUT2D eigenvalue weighted by Crippen LogP contribution is 2.27. The van der Waals surface area contributed by atoms with E-state index in [4.69, 9.17) is 4.74 Å². The predicted molar refractivity (Wildman–Crippen MR) is 64.9 cm³/mol. The lowest BCUT2D eigenvalue weighted by molar-refractivity contribution is -0.119. The summed E-state index contributed by atoms with van der Waals surface area (Å²) in [5.74, 6) is 1.01. The van der Waals surface area contributed by atoms with Crippen molar-refractivity contribution < 1.29 is 9.53 Å². The van der Waals surface area contributed by atoms with Crippen LogP contribution in [-0.4, -0.2) is 19.9 Å². The molecule has 3 heteroatoms. The van der Waals surface area contributed by atoms with Crippen LogP contribution in [0.4, 0.5) is 0 Å². The van der Waals surface area contributed by atoms with Gasteiger partial charge in [0.25, 0.3) is 0 Å². The zero-order chi connectivity index (χ0) is 12.3. The van der Waals surface area contributed by atoms with Crippen LogP contribution in [-0.2, 0) is 4.79 Å². The molecule has 1 atom stereocenters. The Hall–Kier alpha value is -1.35. The molecule has 0 aliphatic rings. The van der Waals surface area contributed by atoms with Gasteiger partial charge in [0.15, 0.2) is 5.78 Å². The molecule has 0 amide bonds. The van der Waals surface area contributed by atoms with Gasteiger partial charge in [0.05, 0.1) is 13.2 Å². The average molecular weight is 221 g/mol. The Morgan fingerprint density at radius 3 is 2.12 bits per heavy atom. The summed E-state index contributed by atoms with van der Waals surface area (Å²) in [7, 11) is 3.45. The van der Waals surface area contributed by atoms with Crippen LogP contribution in [0.25, 0.3) is 0 Å². The first-order valence-corrected chi connectivity index (χ1v) is 5.34. The van der Waals surface area contributed by atoms with Crippen LogP contribution in [0.15, 0.2) is 12.1 Å². The second kappa shape index (κ2) is 5.12. The Bertz CT molecular complexity index is 376. The summed E-state index contributed by atoms with van der Waals surface area (Å²) in [6, 6.07) is 3.76. The number of carbonyl (C=O) groups is 1. The topological polar surface area (TPSA) is 38.3 Å². The Balaban J connectivity index is 3.21. The summed E-state index contributed by atoms with van der Waals surface area (Å²) in [6.45, 7) is 5.57. The molecule has 1 aromatic carbocycles. The van der Waals surface area contributed by atoms with Gasteiger partial charge in [-0.1, -0.05) is 12.1 Å². The van der Waals surface area contributed by atoms with Gasteiger partial charge in [-0.15, -0.1) is 0 Å². The number of hydrogen-bond acceptors (Lipinski definition) is 3. The van der Waals surface area contributed by atoms with Crippen molar-refractivity contribution in [3.05, 3.63) is 28.8 Å². The molecule has 0 saturated carbocycles. The maximum atomic E-state index is 11.5. The molecule has 1 rings (SSSR count). The second-order valence-electron chi connectivity index (χ2n) is 4.02. The van der Waals surface area contributed by atoms with Crippen molar-refractivity contribution in [3.63, 3.8) is 0 Å². The summed E-state index contributed by atoms with van der Waals surface area (Å²) < 4.78 is 5.30. The number of hydrogen-bond donors (Lipinski definition) is 1. The van der Waals surface area contributed by atoms with E-state index in [1.165, 1.54) is 0 Å². The fourth-order valence-corrected chi connectivity index (χ4v) is 2.08. The Labute approximate surface area is 96.8 Å². The molecule has 0 heterocycles. The summed E-state index contributed by atoms with van der Waals surface area (Å²) in [4.78, 5) is 11.5. The SMILES string of the molecule is CNC(C(C)=O)c1cc(C)c(OC)c(C)c1. The van der Waals surface area contributed by atoms with E-state index in [0.29, 0.717) is 0 Å². The monoisotopic (exact) mass is 221 g/mol. The van der Waals surface area contributed by atoms with E-state index >= 15 is 0 Å². The number of carbonyl (C=O) groups excluding carboxylic acids is 1. The van der Waals surface area contributed by atoms with Crippen molar-refractivity contribution in [2.75, 3.05) is 14.2 Å². The van der Waals surface area contributed by atoms with Gasteiger partial charge in [-0.2, -0.15) is 0 Å². The normalized spacial score (nSPS) is 12.3. The fraction of sp³-hybridized carbons (Fsp3) is 0.462. The van der Waals surface area contributed by atoms with Crippen LogP contribution < -0.4 is 10.1 Å². The lowest BCUT2D eigenvalue weighted by Gasteiger charge is -2.17. The van der Waals surface area contributed by atoms with Gasteiger partial charge in [0.2, 0.25) is 0 Å². The number of likely N-dealkylation sites (N-methyl/N-ethyl adjacent to an activating group) is 1. The molecule has 88 valence electrons. The molecule has 3 nitrogen and oxygen atoms in total. The fourth-order valence-electron chi connectivity index (χ4n) is 2.08. The van der Waals surface area contributed by atoms with Gasteiger partial charge in [0, 0.05) is 0 Å². The van der Waals surface area contributed by atoms with Crippen LogP contribution >= 0.6 is 0 Å². The number of ketones is 1. The maximum absolute atomic E-state index is 11.5. The minimum Gasteiger partial charge on any atom is -0.496 e. The molecule has 0 radical (unpaired) electrons. The molecule has 1 unspecified atom stereocenters. The molecule has 0 fully saturated rings. The molecular formula is C13H19NO2. The highest BCUT2D eigenvalue weighted by molar-refractivity contribution is 5.83. The highest BCUT2D eigenvalue weighted by atomic mass is 16.5. The average Bonchev–Trinajstić information content (AvgIpc) is 2.17. The third kappa shape index (κ3) is 2.42. The number of benzene rings is 1. The smallest absolute Gasteiger partial charge is 0.151 e. The zero-order valence-corrected chi connectivity index (χ0v) is 10.5. The Morgan fingerprint density at radius 1 is 1.31 bits per heavy atom. The first-order valence-electron chi connectivity index (χ1n) is 5.34. The van der Waals surface area contributed by atoms with Crippen molar-refractivity contribution in [2.45, 2.75) is 26.8 Å². The quantitative estimate of drug-likeness (QED) is 0.846. The number of nitrogens with one attached hydrogen (secondary N) is 1. The van der Waals surface area contributed by atoms with Gasteiger partial charge in [-0.25, -0.2) is 0 Å². The molecule has 16 heavy (non-hydrogen) atoms. The summed E-state index contributed by atoms with van der Waals surface area (Å²) in [5, 5.41) is 3.02. The molecule has 0 aliphatic carbocycles. The zero-order valence-electron chi connectivity index (χ0n) is 10.5.